The lowest BCUT2D eigenvalue weighted by atomic mass is 10.0. The maximum atomic E-state index is 4.29. The van der Waals surface area contributed by atoms with Crippen LogP contribution in [0.3, 0.4) is 0 Å². The number of fused-ring (bicyclic) bond motifs is 3. The molecule has 3 heteroatoms. The number of hydrogen-bond donors (Lipinski definition) is 2. The fourth-order valence-electron chi connectivity index (χ4n) is 2.98. The van der Waals surface area contributed by atoms with E-state index in [1.165, 1.54) is 32.9 Å². The zero-order valence-electron chi connectivity index (χ0n) is 11.5. The van der Waals surface area contributed by atoms with Crippen LogP contribution in [0, 0.1) is 13.8 Å². The fraction of sp³-hybridized carbons (Fsp3) is 0.118. The van der Waals surface area contributed by atoms with Gasteiger partial charge < -0.3 is 4.98 Å². The molecule has 0 unspecified atom stereocenters. The van der Waals surface area contributed by atoms with E-state index in [9.17, 15) is 0 Å². The van der Waals surface area contributed by atoms with Crippen molar-refractivity contribution in [3.05, 3.63) is 53.9 Å². The van der Waals surface area contributed by atoms with Crippen LogP contribution in [-0.2, 0) is 0 Å². The molecule has 0 aliphatic carbocycles. The second kappa shape index (κ2) is 3.97. The topological polar surface area (TPSA) is 44.5 Å². The van der Waals surface area contributed by atoms with Crippen LogP contribution >= 0.6 is 0 Å². The highest BCUT2D eigenvalue weighted by molar-refractivity contribution is 6.08. The van der Waals surface area contributed by atoms with Gasteiger partial charge in [-0.2, -0.15) is 5.10 Å². The first-order valence-corrected chi connectivity index (χ1v) is 6.76. The summed E-state index contributed by atoms with van der Waals surface area (Å²) in [5.41, 5.74) is 6.93. The van der Waals surface area contributed by atoms with Crippen molar-refractivity contribution in [3.8, 4) is 11.1 Å². The first-order valence-electron chi connectivity index (χ1n) is 6.76. The molecule has 0 fully saturated rings. The van der Waals surface area contributed by atoms with Gasteiger partial charge in [0.15, 0.2) is 0 Å². The quantitative estimate of drug-likeness (QED) is 0.526. The SMILES string of the molecule is Cc1n[nH]c(C)c1-c1ccc2[nH]c3ccccc3c2c1. The van der Waals surface area contributed by atoms with Crippen molar-refractivity contribution < 1.29 is 0 Å². The van der Waals surface area contributed by atoms with Crippen LogP contribution in [-0.4, -0.2) is 15.2 Å². The van der Waals surface area contributed by atoms with Gasteiger partial charge in [0, 0.05) is 33.1 Å². The van der Waals surface area contributed by atoms with Crippen LogP contribution < -0.4 is 0 Å². The largest absolute Gasteiger partial charge is 0.355 e. The molecule has 2 aromatic carbocycles. The molecule has 98 valence electrons. The second-order valence-corrected chi connectivity index (χ2v) is 5.24. The van der Waals surface area contributed by atoms with Crippen molar-refractivity contribution in [1.82, 2.24) is 15.2 Å². The molecule has 0 saturated heterocycles. The third-order valence-corrected chi connectivity index (χ3v) is 3.92. The van der Waals surface area contributed by atoms with Gasteiger partial charge >= 0.3 is 0 Å². The molecule has 4 aromatic rings. The molecular weight excluding hydrogens is 246 g/mol. The van der Waals surface area contributed by atoms with Gasteiger partial charge in [-0.05, 0) is 37.6 Å². The second-order valence-electron chi connectivity index (χ2n) is 5.24. The minimum absolute atomic E-state index is 1.04. The third kappa shape index (κ3) is 1.50. The van der Waals surface area contributed by atoms with E-state index in [-0.39, 0.29) is 0 Å². The first-order chi connectivity index (χ1) is 9.74. The Balaban J connectivity index is 2.05. The molecule has 0 saturated carbocycles. The number of nitrogens with zero attached hydrogens (tertiary/aromatic N) is 1. The van der Waals surface area contributed by atoms with Gasteiger partial charge in [0.1, 0.15) is 0 Å². The number of hydrogen-bond acceptors (Lipinski definition) is 1. The molecule has 0 bridgehead atoms. The fourth-order valence-corrected chi connectivity index (χ4v) is 2.98. The molecule has 2 heterocycles. The summed E-state index contributed by atoms with van der Waals surface area (Å²) in [5.74, 6) is 0. The lowest BCUT2D eigenvalue weighted by Crippen LogP contribution is -1.82. The summed E-state index contributed by atoms with van der Waals surface area (Å²) in [4.78, 5) is 3.46. The highest BCUT2D eigenvalue weighted by Gasteiger charge is 2.11. The van der Waals surface area contributed by atoms with Crippen molar-refractivity contribution in [2.24, 2.45) is 0 Å². The molecule has 2 N–H and O–H groups in total. The number of nitrogens with one attached hydrogen (secondary N) is 2. The number of aromatic amines is 2. The zero-order chi connectivity index (χ0) is 13.7. The van der Waals surface area contributed by atoms with Crippen LogP contribution in [0.1, 0.15) is 11.4 Å². The molecule has 4 rings (SSSR count). The maximum Gasteiger partial charge on any atom is 0.0672 e. The monoisotopic (exact) mass is 261 g/mol. The third-order valence-electron chi connectivity index (χ3n) is 3.92. The average Bonchev–Trinajstić information content (AvgIpc) is 2.99. The van der Waals surface area contributed by atoms with Gasteiger partial charge in [0.25, 0.3) is 0 Å². The normalized spacial score (nSPS) is 11.5. The van der Waals surface area contributed by atoms with Crippen LogP contribution in [0.5, 0.6) is 0 Å². The number of aromatic nitrogens is 3. The molecule has 20 heavy (non-hydrogen) atoms. The zero-order valence-corrected chi connectivity index (χ0v) is 11.5. The van der Waals surface area contributed by atoms with Gasteiger partial charge in [0.05, 0.1) is 5.69 Å². The van der Waals surface area contributed by atoms with E-state index >= 15 is 0 Å². The van der Waals surface area contributed by atoms with Crippen molar-refractivity contribution in [2.75, 3.05) is 0 Å². The molecule has 0 spiro atoms. The van der Waals surface area contributed by atoms with Gasteiger partial charge in [0.2, 0.25) is 0 Å². The summed E-state index contributed by atoms with van der Waals surface area (Å²) in [6.07, 6.45) is 0. The smallest absolute Gasteiger partial charge is 0.0672 e. The van der Waals surface area contributed by atoms with E-state index in [1.54, 1.807) is 0 Å². The Bertz CT molecular complexity index is 908. The molecule has 0 radical (unpaired) electrons. The summed E-state index contributed by atoms with van der Waals surface area (Å²) in [7, 11) is 0. The molecule has 0 aliphatic heterocycles. The van der Waals surface area contributed by atoms with E-state index in [0.29, 0.717) is 0 Å². The predicted molar refractivity (Wildman–Crippen MR) is 82.9 cm³/mol. The maximum absolute atomic E-state index is 4.29. The van der Waals surface area contributed by atoms with Crippen molar-refractivity contribution in [2.45, 2.75) is 13.8 Å². The Kier molecular flexibility index (Phi) is 2.24. The predicted octanol–water partition coefficient (Wildman–Crippen LogP) is 4.33. The minimum atomic E-state index is 1.04. The highest BCUT2D eigenvalue weighted by atomic mass is 15.1. The van der Waals surface area contributed by atoms with E-state index in [4.69, 9.17) is 0 Å². The molecule has 0 aliphatic rings. The standard InChI is InChI=1S/C17H15N3/c1-10-17(11(2)20-19-10)12-7-8-16-14(9-12)13-5-3-4-6-15(13)18-16/h3-9,18H,1-2H3,(H,19,20). The van der Waals surface area contributed by atoms with E-state index in [2.05, 4.69) is 64.6 Å². The number of H-pyrrole nitrogens is 2. The van der Waals surface area contributed by atoms with E-state index < -0.39 is 0 Å². The minimum Gasteiger partial charge on any atom is -0.355 e. The van der Waals surface area contributed by atoms with Gasteiger partial charge in [-0.1, -0.05) is 24.3 Å². The first kappa shape index (κ1) is 11.3. The van der Waals surface area contributed by atoms with Crippen LogP contribution in [0.4, 0.5) is 0 Å². The number of aryl methyl sites for hydroxylation is 2. The van der Waals surface area contributed by atoms with Crippen LogP contribution in [0.2, 0.25) is 0 Å². The molecule has 0 atom stereocenters. The summed E-state index contributed by atoms with van der Waals surface area (Å²) in [6, 6.07) is 15.0. The summed E-state index contributed by atoms with van der Waals surface area (Å²) < 4.78 is 0. The number of para-hydroxylation sites is 1. The van der Waals surface area contributed by atoms with Crippen LogP contribution in [0.15, 0.2) is 42.5 Å². The lowest BCUT2D eigenvalue weighted by molar-refractivity contribution is 1.02. The Hall–Kier alpha value is -2.55. The lowest BCUT2D eigenvalue weighted by Gasteiger charge is -2.02. The van der Waals surface area contributed by atoms with E-state index in [1.807, 2.05) is 6.92 Å². The van der Waals surface area contributed by atoms with Crippen molar-refractivity contribution >= 4 is 21.8 Å². The summed E-state index contributed by atoms with van der Waals surface area (Å²) >= 11 is 0. The Morgan fingerprint density at radius 3 is 2.50 bits per heavy atom. The van der Waals surface area contributed by atoms with E-state index in [0.717, 1.165) is 11.4 Å². The van der Waals surface area contributed by atoms with Gasteiger partial charge in [-0.25, -0.2) is 0 Å². The van der Waals surface area contributed by atoms with Gasteiger partial charge in [-0.15, -0.1) is 0 Å². The van der Waals surface area contributed by atoms with Crippen molar-refractivity contribution in [1.29, 1.82) is 0 Å². The summed E-state index contributed by atoms with van der Waals surface area (Å²) in [5, 5.41) is 9.88. The number of benzene rings is 2. The Morgan fingerprint density at radius 1 is 0.900 bits per heavy atom. The Labute approximate surface area is 116 Å². The van der Waals surface area contributed by atoms with Crippen molar-refractivity contribution in [3.63, 3.8) is 0 Å². The highest BCUT2D eigenvalue weighted by Crippen LogP contribution is 2.32. The molecule has 2 aromatic heterocycles. The van der Waals surface area contributed by atoms with Gasteiger partial charge in [-0.3, -0.25) is 5.10 Å². The Morgan fingerprint density at radius 2 is 1.70 bits per heavy atom. The number of rotatable bonds is 1. The molecular formula is C17H15N3. The summed E-state index contributed by atoms with van der Waals surface area (Å²) in [6.45, 7) is 4.10. The molecule has 0 amide bonds. The molecule has 3 nitrogen and oxygen atoms in total. The van der Waals surface area contributed by atoms with Crippen LogP contribution in [0.25, 0.3) is 32.9 Å². The average molecular weight is 261 g/mol.